The van der Waals surface area contributed by atoms with Crippen molar-refractivity contribution < 1.29 is 36.9 Å². The molecule has 34 heavy (non-hydrogen) atoms. The summed E-state index contributed by atoms with van der Waals surface area (Å²) < 4.78 is 65.0. The lowest BCUT2D eigenvalue weighted by Gasteiger charge is -2.45. The summed E-state index contributed by atoms with van der Waals surface area (Å²) in [6.45, 7) is 0.157. The number of methoxy groups -OCH3 is 1. The lowest BCUT2D eigenvalue weighted by molar-refractivity contribution is -0.298. The lowest BCUT2D eigenvalue weighted by atomic mass is 9.94. The quantitative estimate of drug-likeness (QED) is 0.423. The van der Waals surface area contributed by atoms with E-state index in [1.807, 2.05) is 30.3 Å². The van der Waals surface area contributed by atoms with Crippen LogP contribution in [-0.2, 0) is 23.7 Å². The number of hydrogen-bond acceptors (Lipinski definition) is 7. The third-order valence-corrected chi connectivity index (χ3v) is 5.90. The maximum absolute atomic E-state index is 13.7. The Balaban J connectivity index is 1.46. The van der Waals surface area contributed by atoms with Gasteiger partial charge in [-0.25, -0.2) is 22.6 Å². The van der Waals surface area contributed by atoms with Crippen molar-refractivity contribution in [1.29, 1.82) is 0 Å². The Bertz CT molecular complexity index is 1170. The van der Waals surface area contributed by atoms with Crippen LogP contribution in [0.15, 0.2) is 48.7 Å². The zero-order valence-electron chi connectivity index (χ0n) is 17.9. The molecule has 0 spiro atoms. The van der Waals surface area contributed by atoms with Gasteiger partial charge >= 0.3 is 5.97 Å². The van der Waals surface area contributed by atoms with Crippen molar-refractivity contribution in [3.05, 3.63) is 71.7 Å². The first-order valence-corrected chi connectivity index (χ1v) is 10.6. The Kier molecular flexibility index (Phi) is 6.07. The zero-order valence-corrected chi connectivity index (χ0v) is 17.9. The molecule has 178 valence electrons. The molecule has 5 rings (SSSR count). The van der Waals surface area contributed by atoms with E-state index in [0.717, 1.165) is 17.7 Å². The van der Waals surface area contributed by atoms with E-state index >= 15 is 0 Å². The molecule has 2 aliphatic rings. The number of rotatable bonds is 4. The third-order valence-electron chi connectivity index (χ3n) is 5.90. The molecule has 11 heteroatoms. The number of esters is 1. The number of carbonyl (C=O) groups is 1. The molecule has 3 heterocycles. The average Bonchev–Trinajstić information content (AvgIpc) is 3.36. The van der Waals surface area contributed by atoms with Gasteiger partial charge in [0.15, 0.2) is 29.8 Å². The van der Waals surface area contributed by atoms with Crippen LogP contribution in [0.25, 0.3) is 11.3 Å². The number of fused-ring (bicyclic) bond motifs is 1. The smallest absolute Gasteiger partial charge is 0.335 e. The fourth-order valence-corrected chi connectivity index (χ4v) is 4.22. The van der Waals surface area contributed by atoms with Crippen LogP contribution in [0.3, 0.4) is 0 Å². The van der Waals surface area contributed by atoms with Gasteiger partial charge in [0.05, 0.1) is 26.0 Å². The Labute approximate surface area is 192 Å². The summed E-state index contributed by atoms with van der Waals surface area (Å²) in [6, 6.07) is 10.5. The molecule has 8 nitrogen and oxygen atoms in total. The second-order valence-electron chi connectivity index (χ2n) is 8.00. The van der Waals surface area contributed by atoms with Gasteiger partial charge < -0.3 is 18.9 Å². The van der Waals surface area contributed by atoms with Gasteiger partial charge in [-0.3, -0.25) is 0 Å². The molecule has 0 radical (unpaired) electrons. The van der Waals surface area contributed by atoms with Crippen LogP contribution in [0.4, 0.5) is 13.2 Å². The van der Waals surface area contributed by atoms with Crippen molar-refractivity contribution in [3.63, 3.8) is 0 Å². The molecule has 0 saturated carbocycles. The van der Waals surface area contributed by atoms with Crippen LogP contribution in [0.2, 0.25) is 0 Å². The largest absolute Gasteiger partial charge is 0.467 e. The first kappa shape index (κ1) is 22.5. The summed E-state index contributed by atoms with van der Waals surface area (Å²) in [5.41, 5.74) is 0.958. The molecular formula is C23H20F3N3O5. The SMILES string of the molecule is COC(=O)C1CC(n2cc(-c3cc(F)c(F)c(F)c3)nn2)C2OC(c3ccccc3)OCC2O1. The van der Waals surface area contributed by atoms with Crippen molar-refractivity contribution >= 4 is 5.97 Å². The minimum atomic E-state index is -1.56. The van der Waals surface area contributed by atoms with Gasteiger partial charge in [0.25, 0.3) is 0 Å². The van der Waals surface area contributed by atoms with Crippen molar-refractivity contribution in [2.45, 2.75) is 37.1 Å². The van der Waals surface area contributed by atoms with Crippen LogP contribution < -0.4 is 0 Å². The summed E-state index contributed by atoms with van der Waals surface area (Å²) in [4.78, 5) is 12.2. The van der Waals surface area contributed by atoms with Crippen LogP contribution in [0, 0.1) is 17.5 Å². The van der Waals surface area contributed by atoms with Crippen molar-refractivity contribution in [2.24, 2.45) is 0 Å². The van der Waals surface area contributed by atoms with E-state index in [1.165, 1.54) is 18.0 Å². The second-order valence-corrected chi connectivity index (χ2v) is 8.00. The van der Waals surface area contributed by atoms with Gasteiger partial charge in [0, 0.05) is 17.5 Å². The number of hydrogen-bond donors (Lipinski definition) is 0. The van der Waals surface area contributed by atoms with Crippen LogP contribution in [0.5, 0.6) is 0 Å². The summed E-state index contributed by atoms with van der Waals surface area (Å²) in [7, 11) is 1.26. The predicted molar refractivity (Wildman–Crippen MR) is 110 cm³/mol. The van der Waals surface area contributed by atoms with Gasteiger partial charge in [-0.15, -0.1) is 5.10 Å². The topological polar surface area (TPSA) is 84.7 Å². The van der Waals surface area contributed by atoms with E-state index in [0.29, 0.717) is 0 Å². The highest BCUT2D eigenvalue weighted by atomic mass is 19.2. The van der Waals surface area contributed by atoms with Crippen LogP contribution in [-0.4, -0.2) is 53.0 Å². The molecule has 0 bridgehead atoms. The highest BCUT2D eigenvalue weighted by Gasteiger charge is 2.47. The second kappa shape index (κ2) is 9.16. The molecule has 2 aliphatic heterocycles. The predicted octanol–water partition coefficient (Wildman–Crippen LogP) is 3.35. The summed E-state index contributed by atoms with van der Waals surface area (Å²) in [5, 5.41) is 8.10. The molecule has 3 aromatic rings. The number of benzene rings is 2. The normalized spacial score (nSPS) is 26.6. The summed E-state index contributed by atoms with van der Waals surface area (Å²) in [6.07, 6.45) is -1.11. The Morgan fingerprint density at radius 3 is 2.56 bits per heavy atom. The third kappa shape index (κ3) is 4.17. The molecule has 2 saturated heterocycles. The van der Waals surface area contributed by atoms with E-state index < -0.39 is 54.1 Å². The highest BCUT2D eigenvalue weighted by molar-refractivity contribution is 5.74. The highest BCUT2D eigenvalue weighted by Crippen LogP contribution is 2.39. The minimum absolute atomic E-state index is 0.0193. The van der Waals surface area contributed by atoms with Gasteiger partial charge in [-0.2, -0.15) is 0 Å². The van der Waals surface area contributed by atoms with Gasteiger partial charge in [0.1, 0.15) is 17.9 Å². The number of aromatic nitrogens is 3. The maximum Gasteiger partial charge on any atom is 0.335 e. The van der Waals surface area contributed by atoms with E-state index in [2.05, 4.69) is 10.3 Å². The number of halogens is 3. The molecule has 5 atom stereocenters. The van der Waals surface area contributed by atoms with Gasteiger partial charge in [0.2, 0.25) is 0 Å². The molecule has 1 aromatic heterocycles. The van der Waals surface area contributed by atoms with Gasteiger partial charge in [-0.1, -0.05) is 35.5 Å². The molecule has 2 fully saturated rings. The first-order valence-electron chi connectivity index (χ1n) is 10.6. The Morgan fingerprint density at radius 2 is 1.85 bits per heavy atom. The van der Waals surface area contributed by atoms with Gasteiger partial charge in [-0.05, 0) is 12.1 Å². The summed E-state index contributed by atoms with van der Waals surface area (Å²) in [5.74, 6) is -4.79. The number of nitrogens with zero attached hydrogens (tertiary/aromatic N) is 3. The maximum atomic E-state index is 13.7. The van der Waals surface area contributed by atoms with E-state index in [1.54, 1.807) is 0 Å². The Hall–Kier alpha value is -3.28. The van der Waals surface area contributed by atoms with E-state index in [4.69, 9.17) is 18.9 Å². The molecule has 5 unspecified atom stereocenters. The molecule has 2 aromatic carbocycles. The first-order chi connectivity index (χ1) is 16.4. The number of ether oxygens (including phenoxy) is 4. The molecular weight excluding hydrogens is 455 g/mol. The van der Waals surface area contributed by atoms with Crippen LogP contribution in [0.1, 0.15) is 24.3 Å². The average molecular weight is 475 g/mol. The molecule has 0 amide bonds. The van der Waals surface area contributed by atoms with Crippen molar-refractivity contribution in [3.8, 4) is 11.3 Å². The van der Waals surface area contributed by atoms with Crippen molar-refractivity contribution in [1.82, 2.24) is 15.0 Å². The zero-order chi connectivity index (χ0) is 23.8. The van der Waals surface area contributed by atoms with Crippen LogP contribution >= 0.6 is 0 Å². The van der Waals surface area contributed by atoms with Crippen molar-refractivity contribution in [2.75, 3.05) is 13.7 Å². The van der Waals surface area contributed by atoms with E-state index in [9.17, 15) is 18.0 Å². The lowest BCUT2D eigenvalue weighted by Crippen LogP contribution is -2.54. The standard InChI is InChI=1S/C23H20F3N3O5/c1-31-22(30)18-9-17(21-19(33-18)11-32-23(34-21)12-5-3-2-4-6-12)29-10-16(27-28-29)13-7-14(24)20(26)15(25)8-13/h2-8,10,17-19,21,23H,9,11H2,1H3. The minimum Gasteiger partial charge on any atom is -0.467 e. The fraction of sp³-hybridized carbons (Fsp3) is 0.348. The molecule has 0 N–H and O–H groups in total. The fourth-order valence-electron chi connectivity index (χ4n) is 4.22. The molecule has 0 aliphatic carbocycles. The summed E-state index contributed by atoms with van der Waals surface area (Å²) >= 11 is 0. The van der Waals surface area contributed by atoms with E-state index in [-0.39, 0.29) is 24.3 Å². The Morgan fingerprint density at radius 1 is 1.12 bits per heavy atom. The monoisotopic (exact) mass is 475 g/mol. The number of carbonyl (C=O) groups excluding carboxylic acids is 1.